The lowest BCUT2D eigenvalue weighted by Gasteiger charge is -2.39. The van der Waals surface area contributed by atoms with Gasteiger partial charge in [0.2, 0.25) is 0 Å². The van der Waals surface area contributed by atoms with Gasteiger partial charge in [-0.3, -0.25) is 0 Å². The Balaban J connectivity index is 1.28. The van der Waals surface area contributed by atoms with Gasteiger partial charge >= 0.3 is 0 Å². The molecule has 0 saturated carbocycles. The zero-order valence-corrected chi connectivity index (χ0v) is 32.0. The number of fused-ring (bicyclic) bond motifs is 6. The maximum absolute atomic E-state index is 2.70. The molecule has 0 N–H and O–H groups in total. The molecule has 2 saturated heterocycles. The Morgan fingerprint density at radius 3 is 1.52 bits per heavy atom. The molecule has 2 atom stereocenters. The predicted molar refractivity (Wildman–Crippen MR) is 240 cm³/mol. The molecule has 6 aromatic carbocycles. The van der Waals surface area contributed by atoms with Crippen LogP contribution in [0.5, 0.6) is 0 Å². The zero-order valence-electron chi connectivity index (χ0n) is 32.0. The van der Waals surface area contributed by atoms with Crippen LogP contribution in [0.25, 0.3) is 39.8 Å². The van der Waals surface area contributed by atoms with Gasteiger partial charge in [0.1, 0.15) is 0 Å². The van der Waals surface area contributed by atoms with Gasteiger partial charge in [0.25, 0.3) is 0 Å². The standard InChI is InChI=1S/C52H48N4/c1-11-31-53(32-12-1)41-27-29-43-45(35-41)51(55-47-19-7-3-15-37(47)23-24-38-16-4-8-20-48(38)55)44-30-28-42(54-33-13-2-14-34-54)36-46(44)52(43)56-49-21-9-5-17-39(49)25-26-40-18-6-10-22-50(40)56/h3-10,15-30,35-37,47H,1-2,11-14,31-34H2. The van der Waals surface area contributed by atoms with Crippen molar-refractivity contribution in [2.24, 2.45) is 5.92 Å². The molecule has 2 fully saturated rings. The number of hydrogen-bond acceptors (Lipinski definition) is 4. The zero-order chi connectivity index (χ0) is 37.0. The highest BCUT2D eigenvalue weighted by Gasteiger charge is 2.34. The highest BCUT2D eigenvalue weighted by atomic mass is 15.2. The van der Waals surface area contributed by atoms with Crippen LogP contribution in [0.1, 0.15) is 55.2 Å². The summed E-state index contributed by atoms with van der Waals surface area (Å²) in [6.45, 7) is 4.42. The Labute approximate surface area is 331 Å². The Hall–Kier alpha value is -6.00. The number of nitrogens with zero attached hydrogens (tertiary/aromatic N) is 4. The molecule has 1 aliphatic carbocycles. The fourth-order valence-corrected chi connectivity index (χ4v) is 10.1. The summed E-state index contributed by atoms with van der Waals surface area (Å²) in [6.07, 6.45) is 26.2. The molecule has 4 heteroatoms. The number of allylic oxidation sites excluding steroid dienone is 2. The summed E-state index contributed by atoms with van der Waals surface area (Å²) in [6, 6.07) is 41.9. The molecular weight excluding hydrogens is 681 g/mol. The van der Waals surface area contributed by atoms with Crippen LogP contribution < -0.4 is 19.6 Å². The second-order valence-corrected chi connectivity index (χ2v) is 16.2. The molecule has 0 bridgehead atoms. The van der Waals surface area contributed by atoms with Gasteiger partial charge in [-0.15, -0.1) is 0 Å². The molecule has 4 aliphatic heterocycles. The molecule has 5 aliphatic rings. The molecule has 0 aromatic heterocycles. The fourth-order valence-electron chi connectivity index (χ4n) is 10.1. The maximum atomic E-state index is 2.70. The van der Waals surface area contributed by atoms with Gasteiger partial charge in [-0.05, 0) is 97.7 Å². The first-order valence-electron chi connectivity index (χ1n) is 20.9. The van der Waals surface area contributed by atoms with Crippen molar-refractivity contribution in [3.05, 3.63) is 156 Å². The molecule has 0 spiro atoms. The third-order valence-corrected chi connectivity index (χ3v) is 12.9. The van der Waals surface area contributed by atoms with E-state index in [1.54, 1.807) is 0 Å². The van der Waals surface area contributed by atoms with E-state index in [2.05, 4.69) is 177 Å². The topological polar surface area (TPSA) is 13.0 Å². The van der Waals surface area contributed by atoms with Crippen LogP contribution in [0, 0.1) is 5.92 Å². The summed E-state index contributed by atoms with van der Waals surface area (Å²) in [5.74, 6) is 0.241. The van der Waals surface area contributed by atoms with Crippen molar-refractivity contribution in [1.82, 2.24) is 0 Å². The molecule has 2 unspecified atom stereocenters. The minimum atomic E-state index is 0.126. The average molecular weight is 729 g/mol. The van der Waals surface area contributed by atoms with E-state index in [1.165, 1.54) is 117 Å². The van der Waals surface area contributed by atoms with E-state index in [-0.39, 0.29) is 12.0 Å². The van der Waals surface area contributed by atoms with Crippen molar-refractivity contribution < 1.29 is 0 Å². The largest absolute Gasteiger partial charge is 0.372 e. The van der Waals surface area contributed by atoms with E-state index in [4.69, 9.17) is 0 Å². The lowest BCUT2D eigenvalue weighted by molar-refractivity contribution is 0.578. The molecule has 6 aromatic rings. The van der Waals surface area contributed by atoms with Gasteiger partial charge in [-0.1, -0.05) is 115 Å². The number of piperidine rings is 2. The smallest absolute Gasteiger partial charge is 0.0623 e. The van der Waals surface area contributed by atoms with Crippen molar-refractivity contribution in [3.63, 3.8) is 0 Å². The summed E-state index contributed by atoms with van der Waals surface area (Å²) in [4.78, 5) is 10.5. The molecule has 11 rings (SSSR count). The number of hydrogen-bond donors (Lipinski definition) is 0. The Morgan fingerprint density at radius 1 is 0.411 bits per heavy atom. The van der Waals surface area contributed by atoms with Gasteiger partial charge in [-0.25, -0.2) is 0 Å². The molecular formula is C52H48N4. The molecule has 0 amide bonds. The SMILES string of the molecule is C1=CC2C=Cc3ccccc3N(c3c4ccc(N5CCCCC5)cc4c(N4c5ccccc5C=Cc5ccccc54)c4ccc(N5CCCCC5)cc34)C2C=C1. The second kappa shape index (κ2) is 13.9. The van der Waals surface area contributed by atoms with E-state index < -0.39 is 0 Å². The Morgan fingerprint density at radius 2 is 0.911 bits per heavy atom. The molecule has 4 nitrogen and oxygen atoms in total. The van der Waals surface area contributed by atoms with Crippen LogP contribution in [-0.4, -0.2) is 32.2 Å². The van der Waals surface area contributed by atoms with E-state index in [0.29, 0.717) is 0 Å². The summed E-state index contributed by atoms with van der Waals surface area (Å²) >= 11 is 0. The Bertz CT molecular complexity index is 2550. The minimum Gasteiger partial charge on any atom is -0.372 e. The number of para-hydroxylation sites is 3. The summed E-state index contributed by atoms with van der Waals surface area (Å²) in [5, 5.41) is 5.15. The summed E-state index contributed by atoms with van der Waals surface area (Å²) in [7, 11) is 0. The van der Waals surface area contributed by atoms with Crippen molar-refractivity contribution >= 4 is 79.6 Å². The predicted octanol–water partition coefficient (Wildman–Crippen LogP) is 13.2. The highest BCUT2D eigenvalue weighted by molar-refractivity contribution is 6.24. The summed E-state index contributed by atoms with van der Waals surface area (Å²) < 4.78 is 0. The van der Waals surface area contributed by atoms with E-state index in [9.17, 15) is 0 Å². The van der Waals surface area contributed by atoms with E-state index in [0.717, 1.165) is 26.2 Å². The van der Waals surface area contributed by atoms with Crippen LogP contribution in [0.3, 0.4) is 0 Å². The maximum Gasteiger partial charge on any atom is 0.0623 e. The van der Waals surface area contributed by atoms with Crippen LogP contribution in [0.2, 0.25) is 0 Å². The van der Waals surface area contributed by atoms with Crippen molar-refractivity contribution in [2.45, 2.75) is 44.6 Å². The lowest BCUT2D eigenvalue weighted by Crippen LogP contribution is -2.35. The van der Waals surface area contributed by atoms with Crippen molar-refractivity contribution in [1.29, 1.82) is 0 Å². The van der Waals surface area contributed by atoms with Gasteiger partial charge in [0, 0.05) is 70.7 Å². The van der Waals surface area contributed by atoms with Gasteiger partial charge < -0.3 is 19.6 Å². The first-order chi connectivity index (χ1) is 27.8. The highest BCUT2D eigenvalue weighted by Crippen LogP contribution is 2.54. The van der Waals surface area contributed by atoms with Crippen molar-refractivity contribution in [2.75, 3.05) is 45.8 Å². The normalized spacial score (nSPS) is 20.1. The molecule has 276 valence electrons. The molecule has 4 heterocycles. The van der Waals surface area contributed by atoms with Crippen LogP contribution in [0.4, 0.5) is 39.8 Å². The quantitative estimate of drug-likeness (QED) is 0.167. The first-order valence-corrected chi connectivity index (χ1v) is 20.9. The lowest BCUT2D eigenvalue weighted by atomic mass is 9.90. The summed E-state index contributed by atoms with van der Waals surface area (Å²) in [5.41, 5.74) is 12.6. The molecule has 0 radical (unpaired) electrons. The van der Waals surface area contributed by atoms with Gasteiger partial charge in [0.05, 0.1) is 28.8 Å². The third-order valence-electron chi connectivity index (χ3n) is 12.9. The van der Waals surface area contributed by atoms with Gasteiger partial charge in [-0.2, -0.15) is 0 Å². The van der Waals surface area contributed by atoms with Crippen LogP contribution >= 0.6 is 0 Å². The van der Waals surface area contributed by atoms with Gasteiger partial charge in [0.15, 0.2) is 0 Å². The number of rotatable bonds is 4. The van der Waals surface area contributed by atoms with E-state index >= 15 is 0 Å². The van der Waals surface area contributed by atoms with Crippen molar-refractivity contribution in [3.8, 4) is 0 Å². The van der Waals surface area contributed by atoms with E-state index in [1.807, 2.05) is 0 Å². The third kappa shape index (κ3) is 5.57. The first kappa shape index (κ1) is 33.3. The minimum absolute atomic E-state index is 0.126. The molecule has 56 heavy (non-hydrogen) atoms. The second-order valence-electron chi connectivity index (χ2n) is 16.2. The van der Waals surface area contributed by atoms with Crippen LogP contribution in [0.15, 0.2) is 140 Å². The Kier molecular flexibility index (Phi) is 8.30. The number of anilines is 7. The number of benzene rings is 6. The fraction of sp³-hybridized carbons (Fsp3) is 0.231. The average Bonchev–Trinajstić information content (AvgIpc) is 3.54. The monoisotopic (exact) mass is 728 g/mol. The van der Waals surface area contributed by atoms with Crippen LogP contribution in [-0.2, 0) is 0 Å².